The average Bonchev–Trinajstić information content (AvgIpc) is 2.92. The molecule has 0 unspecified atom stereocenters. The summed E-state index contributed by atoms with van der Waals surface area (Å²) >= 11 is 0. The number of hydrogen-bond acceptors (Lipinski definition) is 6. The molecule has 9 nitrogen and oxygen atoms in total. The molecule has 11 heteroatoms. The van der Waals surface area contributed by atoms with E-state index in [4.69, 9.17) is 4.74 Å². The lowest BCUT2D eigenvalue weighted by molar-refractivity contribution is -0.114. The van der Waals surface area contributed by atoms with Crippen molar-refractivity contribution in [3.05, 3.63) is 77.9 Å². The summed E-state index contributed by atoms with van der Waals surface area (Å²) < 4.78 is 61.8. The van der Waals surface area contributed by atoms with Gasteiger partial charge in [0, 0.05) is 18.8 Å². The van der Waals surface area contributed by atoms with E-state index in [1.807, 2.05) is 19.9 Å². The Balaban J connectivity index is 1.65. The second-order valence-electron chi connectivity index (χ2n) is 9.55. The second kappa shape index (κ2) is 11.8. The van der Waals surface area contributed by atoms with Crippen molar-refractivity contribution in [1.82, 2.24) is 4.31 Å². The monoisotopic (exact) mass is 571 g/mol. The zero-order chi connectivity index (χ0) is 28.2. The molecule has 0 radical (unpaired) electrons. The number of carbonyl (C=O) groups excluding carboxylic acids is 1. The molecule has 1 heterocycles. The number of anilines is 2. The van der Waals surface area contributed by atoms with E-state index in [1.165, 1.54) is 41.7 Å². The van der Waals surface area contributed by atoms with Crippen LogP contribution in [0, 0.1) is 13.8 Å². The van der Waals surface area contributed by atoms with Crippen molar-refractivity contribution >= 4 is 37.3 Å². The molecule has 1 aliphatic heterocycles. The Bertz CT molecular complexity index is 1530. The highest BCUT2D eigenvalue weighted by Crippen LogP contribution is 2.31. The van der Waals surface area contributed by atoms with Gasteiger partial charge in [0.2, 0.25) is 15.9 Å². The van der Waals surface area contributed by atoms with Crippen LogP contribution < -0.4 is 14.4 Å². The van der Waals surface area contributed by atoms with E-state index >= 15 is 0 Å². The molecule has 1 N–H and O–H groups in total. The number of aryl methyl sites for hydroxylation is 2. The fourth-order valence-electron chi connectivity index (χ4n) is 4.66. The summed E-state index contributed by atoms with van der Waals surface area (Å²) in [6.45, 7) is 4.03. The van der Waals surface area contributed by atoms with Crippen LogP contribution in [0.15, 0.2) is 76.5 Å². The summed E-state index contributed by atoms with van der Waals surface area (Å²) in [7, 11) is -6.54. The predicted molar refractivity (Wildman–Crippen MR) is 151 cm³/mol. The predicted octanol–water partition coefficient (Wildman–Crippen LogP) is 4.32. The van der Waals surface area contributed by atoms with Gasteiger partial charge < -0.3 is 10.1 Å². The highest BCUT2D eigenvalue weighted by Gasteiger charge is 2.30. The minimum absolute atomic E-state index is 0.0484. The first kappa shape index (κ1) is 28.6. The number of piperidine rings is 1. The number of nitrogens with one attached hydrogen (secondary N) is 1. The molecule has 0 spiro atoms. The van der Waals surface area contributed by atoms with Crippen LogP contribution in [0.5, 0.6) is 5.75 Å². The Kier molecular flexibility index (Phi) is 8.63. The maximum absolute atomic E-state index is 13.6. The quantitative estimate of drug-likeness (QED) is 0.409. The minimum atomic E-state index is -4.08. The number of carbonyl (C=O) groups is 1. The first-order valence-corrected chi connectivity index (χ1v) is 15.5. The molecule has 1 fully saturated rings. The summed E-state index contributed by atoms with van der Waals surface area (Å²) in [4.78, 5) is 13.3. The molecule has 208 valence electrons. The molecule has 1 saturated heterocycles. The van der Waals surface area contributed by atoms with Gasteiger partial charge >= 0.3 is 0 Å². The van der Waals surface area contributed by atoms with Crippen molar-refractivity contribution in [2.45, 2.75) is 42.9 Å². The van der Waals surface area contributed by atoms with Crippen LogP contribution in [0.3, 0.4) is 0 Å². The average molecular weight is 572 g/mol. The molecule has 0 atom stereocenters. The molecule has 39 heavy (non-hydrogen) atoms. The van der Waals surface area contributed by atoms with Crippen molar-refractivity contribution in [2.75, 3.05) is 36.4 Å². The third-order valence-corrected chi connectivity index (χ3v) is 10.2. The summed E-state index contributed by atoms with van der Waals surface area (Å²) in [5.74, 6) is -0.456. The highest BCUT2D eigenvalue weighted by atomic mass is 32.2. The van der Waals surface area contributed by atoms with Gasteiger partial charge in [-0.25, -0.2) is 16.8 Å². The van der Waals surface area contributed by atoms with Gasteiger partial charge in [0.1, 0.15) is 17.2 Å². The van der Waals surface area contributed by atoms with Gasteiger partial charge in [0.25, 0.3) is 10.0 Å². The van der Waals surface area contributed by atoms with Crippen LogP contribution in [-0.2, 0) is 24.8 Å². The number of benzene rings is 3. The lowest BCUT2D eigenvalue weighted by Crippen LogP contribution is -2.38. The van der Waals surface area contributed by atoms with Crippen molar-refractivity contribution in [2.24, 2.45) is 0 Å². The molecular formula is C28H33N3O6S2. The Hall–Kier alpha value is -3.41. The number of rotatable bonds is 9. The first-order valence-electron chi connectivity index (χ1n) is 12.7. The van der Waals surface area contributed by atoms with Crippen LogP contribution in [0.2, 0.25) is 0 Å². The lowest BCUT2D eigenvalue weighted by atomic mass is 10.1. The smallest absolute Gasteiger partial charge is 0.264 e. The maximum atomic E-state index is 13.6. The van der Waals surface area contributed by atoms with E-state index < -0.39 is 32.5 Å². The van der Waals surface area contributed by atoms with Crippen molar-refractivity contribution in [3.8, 4) is 5.75 Å². The van der Waals surface area contributed by atoms with Gasteiger partial charge in [-0.1, -0.05) is 30.7 Å². The minimum Gasteiger partial charge on any atom is -0.495 e. The molecule has 1 aliphatic rings. The summed E-state index contributed by atoms with van der Waals surface area (Å²) in [5.41, 5.74) is 2.27. The zero-order valence-corrected chi connectivity index (χ0v) is 23.9. The molecule has 1 amide bonds. The number of hydrogen-bond donors (Lipinski definition) is 1. The highest BCUT2D eigenvalue weighted by molar-refractivity contribution is 7.92. The fraction of sp³-hybridized carbons (Fsp3) is 0.321. The van der Waals surface area contributed by atoms with Gasteiger partial charge in [0.15, 0.2) is 0 Å². The van der Waals surface area contributed by atoms with Gasteiger partial charge in [-0.05, 0) is 80.3 Å². The fourth-order valence-corrected chi connectivity index (χ4v) is 7.79. The van der Waals surface area contributed by atoms with E-state index in [1.54, 1.807) is 30.3 Å². The molecule has 4 rings (SSSR count). The summed E-state index contributed by atoms with van der Waals surface area (Å²) in [6, 6.07) is 17.6. The van der Waals surface area contributed by atoms with Gasteiger partial charge in [-0.3, -0.25) is 9.10 Å². The van der Waals surface area contributed by atoms with Crippen molar-refractivity contribution < 1.29 is 26.4 Å². The number of nitrogens with zero attached hydrogens (tertiary/aromatic N) is 2. The zero-order valence-electron chi connectivity index (χ0n) is 22.3. The normalized spacial score (nSPS) is 14.5. The van der Waals surface area contributed by atoms with Crippen LogP contribution in [0.25, 0.3) is 0 Å². The van der Waals surface area contributed by atoms with Crippen molar-refractivity contribution in [3.63, 3.8) is 0 Å². The van der Waals surface area contributed by atoms with E-state index in [0.29, 0.717) is 18.8 Å². The largest absolute Gasteiger partial charge is 0.495 e. The van der Waals surface area contributed by atoms with Gasteiger partial charge in [0.05, 0.1) is 17.7 Å². The standard InChI is InChI=1S/C28H33N3O6S2/c1-21-16-22(2)18-24(17-21)31(38(33,34)25-10-6-4-7-11-25)20-28(32)29-23-12-13-26(37-3)27(19-23)39(35,36)30-14-8-5-9-15-30/h4,6-7,10-13,16-19H,5,8-9,14-15,20H2,1-3H3,(H,29,32). The third-order valence-electron chi connectivity index (χ3n) is 6.49. The van der Waals surface area contributed by atoms with Crippen molar-refractivity contribution in [1.29, 1.82) is 0 Å². The SMILES string of the molecule is COc1ccc(NC(=O)CN(c2cc(C)cc(C)c2)S(=O)(=O)c2ccccc2)cc1S(=O)(=O)N1CCCCC1. The molecule has 0 bridgehead atoms. The van der Waals surface area contributed by atoms with Crippen LogP contribution >= 0.6 is 0 Å². The van der Waals surface area contributed by atoms with Gasteiger partial charge in [-0.15, -0.1) is 0 Å². The number of methoxy groups -OCH3 is 1. The molecule has 0 aliphatic carbocycles. The number of sulfonamides is 2. The van der Waals surface area contributed by atoms with Crippen LogP contribution in [0.4, 0.5) is 11.4 Å². The summed E-state index contributed by atoms with van der Waals surface area (Å²) in [5, 5.41) is 2.68. The molecule has 0 saturated carbocycles. The first-order chi connectivity index (χ1) is 18.5. The number of amides is 1. The molecule has 0 aromatic heterocycles. The molecular weight excluding hydrogens is 538 g/mol. The van der Waals surface area contributed by atoms with E-state index in [2.05, 4.69) is 5.32 Å². The topological polar surface area (TPSA) is 113 Å². The van der Waals surface area contributed by atoms with E-state index in [9.17, 15) is 21.6 Å². The van der Waals surface area contributed by atoms with Gasteiger partial charge in [-0.2, -0.15) is 4.31 Å². The Morgan fingerprint density at radius 2 is 1.54 bits per heavy atom. The Labute approximate surface area is 230 Å². The molecule has 3 aromatic rings. The Morgan fingerprint density at radius 1 is 0.897 bits per heavy atom. The molecule has 3 aromatic carbocycles. The lowest BCUT2D eigenvalue weighted by Gasteiger charge is -2.27. The van der Waals surface area contributed by atoms with E-state index in [0.717, 1.165) is 34.7 Å². The maximum Gasteiger partial charge on any atom is 0.264 e. The van der Waals surface area contributed by atoms with Crippen LogP contribution in [-0.4, -0.2) is 53.8 Å². The number of ether oxygens (including phenoxy) is 1. The summed E-state index contributed by atoms with van der Waals surface area (Å²) in [6.07, 6.45) is 2.53. The van der Waals surface area contributed by atoms with E-state index in [-0.39, 0.29) is 21.2 Å². The van der Waals surface area contributed by atoms with Crippen LogP contribution in [0.1, 0.15) is 30.4 Å². The third kappa shape index (κ3) is 6.43. The second-order valence-corrected chi connectivity index (χ2v) is 13.3. The Morgan fingerprint density at radius 3 is 2.15 bits per heavy atom.